The average molecular weight is 395 g/mol. The van der Waals surface area contributed by atoms with Crippen LogP contribution < -0.4 is 20.3 Å². The molecule has 2 aromatic carbocycles. The third-order valence-electron chi connectivity index (χ3n) is 4.86. The van der Waals surface area contributed by atoms with Gasteiger partial charge in [0.1, 0.15) is 5.75 Å². The van der Waals surface area contributed by atoms with E-state index in [4.69, 9.17) is 4.74 Å². The minimum Gasteiger partial charge on any atom is -0.496 e. The Balaban J connectivity index is 1.57. The molecule has 3 rings (SSSR count). The fourth-order valence-corrected chi connectivity index (χ4v) is 3.46. The maximum atomic E-state index is 12.5. The molecule has 0 aliphatic carbocycles. The van der Waals surface area contributed by atoms with Crippen LogP contribution in [0.1, 0.15) is 18.9 Å². The topological polar surface area (TPSA) is 87.7 Å². The second-order valence-electron chi connectivity index (χ2n) is 6.99. The summed E-state index contributed by atoms with van der Waals surface area (Å²) in [5.41, 5.74) is 2.31. The number of anilines is 2. The van der Waals surface area contributed by atoms with Crippen molar-refractivity contribution in [2.24, 2.45) is 5.92 Å². The van der Waals surface area contributed by atoms with Crippen LogP contribution >= 0.6 is 0 Å². The van der Waals surface area contributed by atoms with E-state index in [9.17, 15) is 14.4 Å². The van der Waals surface area contributed by atoms with Crippen molar-refractivity contribution in [1.29, 1.82) is 0 Å². The summed E-state index contributed by atoms with van der Waals surface area (Å²) >= 11 is 0. The largest absolute Gasteiger partial charge is 0.496 e. The molecule has 0 radical (unpaired) electrons. The summed E-state index contributed by atoms with van der Waals surface area (Å²) in [5.74, 6) is -0.0153. The minimum absolute atomic E-state index is 0.102. The molecule has 7 nitrogen and oxygen atoms in total. The Hall–Kier alpha value is -3.35. The van der Waals surface area contributed by atoms with Gasteiger partial charge in [-0.3, -0.25) is 14.4 Å². The van der Waals surface area contributed by atoms with E-state index in [0.717, 1.165) is 11.3 Å². The maximum absolute atomic E-state index is 12.5. The molecule has 1 aliphatic rings. The van der Waals surface area contributed by atoms with Crippen molar-refractivity contribution in [1.82, 2.24) is 5.32 Å². The number of nitrogens with zero attached hydrogens (tertiary/aromatic N) is 1. The van der Waals surface area contributed by atoms with Crippen LogP contribution in [0.15, 0.2) is 48.5 Å². The Morgan fingerprint density at radius 3 is 2.72 bits per heavy atom. The summed E-state index contributed by atoms with van der Waals surface area (Å²) in [6, 6.07) is 14.8. The molecule has 1 fully saturated rings. The Labute approximate surface area is 170 Å². The van der Waals surface area contributed by atoms with Gasteiger partial charge in [-0.05, 0) is 36.2 Å². The number of amides is 3. The van der Waals surface area contributed by atoms with E-state index in [2.05, 4.69) is 10.6 Å². The molecule has 2 aromatic rings. The van der Waals surface area contributed by atoms with Crippen LogP contribution in [-0.2, 0) is 20.8 Å². The third-order valence-corrected chi connectivity index (χ3v) is 4.86. The van der Waals surface area contributed by atoms with Gasteiger partial charge < -0.3 is 20.3 Å². The summed E-state index contributed by atoms with van der Waals surface area (Å²) in [6.07, 6.45) is 0.823. The zero-order valence-electron chi connectivity index (χ0n) is 16.6. The van der Waals surface area contributed by atoms with Gasteiger partial charge in [0.25, 0.3) is 0 Å². The average Bonchev–Trinajstić information content (AvgIpc) is 3.10. The van der Waals surface area contributed by atoms with Crippen molar-refractivity contribution in [3.8, 4) is 5.75 Å². The first-order valence-corrected chi connectivity index (χ1v) is 9.55. The monoisotopic (exact) mass is 395 g/mol. The number of methoxy groups -OCH3 is 1. The van der Waals surface area contributed by atoms with Crippen LogP contribution in [0.5, 0.6) is 5.75 Å². The summed E-state index contributed by atoms with van der Waals surface area (Å²) in [5, 5.41) is 5.63. The van der Waals surface area contributed by atoms with Crippen molar-refractivity contribution in [3.63, 3.8) is 0 Å². The molecule has 152 valence electrons. The first-order chi connectivity index (χ1) is 14.0. The Morgan fingerprint density at radius 2 is 1.97 bits per heavy atom. The first-order valence-electron chi connectivity index (χ1n) is 9.55. The van der Waals surface area contributed by atoms with Crippen LogP contribution in [-0.4, -0.2) is 37.9 Å². The molecular formula is C22H25N3O4. The lowest BCUT2D eigenvalue weighted by Gasteiger charge is -2.18. The molecule has 29 heavy (non-hydrogen) atoms. The normalized spacial score (nSPS) is 15.9. The van der Waals surface area contributed by atoms with E-state index in [-0.39, 0.29) is 24.1 Å². The molecule has 1 saturated heterocycles. The van der Waals surface area contributed by atoms with Gasteiger partial charge in [0, 0.05) is 37.8 Å². The van der Waals surface area contributed by atoms with Gasteiger partial charge in [-0.15, -0.1) is 0 Å². The fraction of sp³-hybridized carbons (Fsp3) is 0.318. The smallest absolute Gasteiger partial charge is 0.227 e. The number of carbonyl (C=O) groups is 3. The molecule has 0 aromatic heterocycles. The molecular weight excluding hydrogens is 370 g/mol. The van der Waals surface area contributed by atoms with Crippen molar-refractivity contribution >= 4 is 29.1 Å². The second kappa shape index (κ2) is 9.23. The molecule has 1 unspecified atom stereocenters. The van der Waals surface area contributed by atoms with Gasteiger partial charge in [-0.25, -0.2) is 0 Å². The molecule has 2 N–H and O–H groups in total. The SMILES string of the molecule is COc1ccccc1CCNC(=O)C1CC(=O)N(c2cccc(NC(C)=O)c2)C1. The van der Waals surface area contributed by atoms with Gasteiger partial charge in [-0.1, -0.05) is 24.3 Å². The number of ether oxygens (including phenoxy) is 1. The summed E-state index contributed by atoms with van der Waals surface area (Å²) in [4.78, 5) is 37.8. The lowest BCUT2D eigenvalue weighted by molar-refractivity contribution is -0.126. The highest BCUT2D eigenvalue weighted by molar-refractivity contribution is 6.01. The van der Waals surface area contributed by atoms with E-state index in [1.54, 1.807) is 36.3 Å². The van der Waals surface area contributed by atoms with Gasteiger partial charge in [0.15, 0.2) is 0 Å². The molecule has 1 heterocycles. The van der Waals surface area contributed by atoms with Crippen molar-refractivity contribution < 1.29 is 19.1 Å². The third kappa shape index (κ3) is 5.13. The van der Waals surface area contributed by atoms with Crippen LogP contribution in [0.4, 0.5) is 11.4 Å². The van der Waals surface area contributed by atoms with Crippen LogP contribution in [0, 0.1) is 5.92 Å². The van der Waals surface area contributed by atoms with Crippen molar-refractivity contribution in [2.75, 3.05) is 30.4 Å². The van der Waals surface area contributed by atoms with Gasteiger partial charge in [-0.2, -0.15) is 0 Å². The van der Waals surface area contributed by atoms with Gasteiger partial charge >= 0.3 is 0 Å². The Morgan fingerprint density at radius 1 is 1.17 bits per heavy atom. The quantitative estimate of drug-likeness (QED) is 0.753. The van der Waals surface area contributed by atoms with Gasteiger partial charge in [0.05, 0.1) is 13.0 Å². The number of hydrogen-bond acceptors (Lipinski definition) is 4. The minimum atomic E-state index is -0.399. The second-order valence-corrected chi connectivity index (χ2v) is 6.99. The molecule has 0 saturated carbocycles. The number of hydrogen-bond donors (Lipinski definition) is 2. The van der Waals surface area contributed by atoms with E-state index in [1.807, 2.05) is 24.3 Å². The molecule has 1 aliphatic heterocycles. The van der Waals surface area contributed by atoms with Crippen LogP contribution in [0.2, 0.25) is 0 Å². The number of benzene rings is 2. The molecule has 3 amide bonds. The predicted octanol–water partition coefficient (Wildman–Crippen LogP) is 2.37. The number of carbonyl (C=O) groups excluding carboxylic acids is 3. The maximum Gasteiger partial charge on any atom is 0.227 e. The van der Waals surface area contributed by atoms with Crippen molar-refractivity contribution in [3.05, 3.63) is 54.1 Å². The van der Waals surface area contributed by atoms with E-state index >= 15 is 0 Å². The van der Waals surface area contributed by atoms with E-state index in [0.29, 0.717) is 30.9 Å². The van der Waals surface area contributed by atoms with Gasteiger partial charge in [0.2, 0.25) is 17.7 Å². The molecule has 1 atom stereocenters. The first kappa shape index (κ1) is 20.4. The summed E-state index contributed by atoms with van der Waals surface area (Å²) in [7, 11) is 1.62. The van der Waals surface area contributed by atoms with Crippen LogP contribution in [0.25, 0.3) is 0 Å². The van der Waals surface area contributed by atoms with E-state index in [1.165, 1.54) is 6.92 Å². The standard InChI is InChI=1S/C22H25N3O4/c1-15(26)24-18-7-5-8-19(13-18)25-14-17(12-21(25)27)22(28)23-11-10-16-6-3-4-9-20(16)29-2/h3-9,13,17H,10-12,14H2,1-2H3,(H,23,28)(H,24,26). The highest BCUT2D eigenvalue weighted by atomic mass is 16.5. The molecule has 7 heteroatoms. The lowest BCUT2D eigenvalue weighted by Crippen LogP contribution is -2.34. The predicted molar refractivity (Wildman–Crippen MR) is 111 cm³/mol. The fourth-order valence-electron chi connectivity index (χ4n) is 3.46. The zero-order chi connectivity index (χ0) is 20.8. The lowest BCUT2D eigenvalue weighted by atomic mass is 10.1. The number of nitrogens with one attached hydrogen (secondary N) is 2. The Bertz CT molecular complexity index is 912. The summed E-state index contributed by atoms with van der Waals surface area (Å²) in [6.45, 7) is 2.23. The molecule has 0 bridgehead atoms. The highest BCUT2D eigenvalue weighted by Crippen LogP contribution is 2.27. The zero-order valence-corrected chi connectivity index (χ0v) is 16.6. The van der Waals surface area contributed by atoms with Crippen LogP contribution in [0.3, 0.4) is 0 Å². The molecule has 0 spiro atoms. The summed E-state index contributed by atoms with van der Waals surface area (Å²) < 4.78 is 5.32. The number of rotatable bonds is 7. The highest BCUT2D eigenvalue weighted by Gasteiger charge is 2.35. The van der Waals surface area contributed by atoms with Crippen molar-refractivity contribution in [2.45, 2.75) is 19.8 Å². The Kier molecular flexibility index (Phi) is 6.49. The van der Waals surface area contributed by atoms with E-state index < -0.39 is 5.92 Å². The number of para-hydroxylation sites is 1.